The van der Waals surface area contributed by atoms with Gasteiger partial charge in [0.1, 0.15) is 5.82 Å². The topological polar surface area (TPSA) is 73.9 Å². The molecule has 0 aliphatic carbocycles. The number of halogens is 3. The van der Waals surface area contributed by atoms with Gasteiger partial charge in [0, 0.05) is 0 Å². The van der Waals surface area contributed by atoms with Crippen LogP contribution >= 0.6 is 23.2 Å². The van der Waals surface area contributed by atoms with Gasteiger partial charge in [0.05, 0.1) is 35.5 Å². The number of carbonyl (C=O) groups is 2. The molecule has 1 amide bonds. The zero-order valence-corrected chi connectivity index (χ0v) is 15.3. The number of rotatable bonds is 6. The molecule has 2 rings (SSSR count). The smallest absolute Gasteiger partial charge is 0.338 e. The summed E-state index contributed by atoms with van der Waals surface area (Å²) in [5.74, 6) is -1.44. The van der Waals surface area contributed by atoms with Crippen LogP contribution in [0, 0.1) is 5.82 Å². The molecule has 2 aromatic rings. The summed E-state index contributed by atoms with van der Waals surface area (Å²) in [6.07, 6.45) is 0. The van der Waals surface area contributed by atoms with E-state index in [0.29, 0.717) is 0 Å². The van der Waals surface area contributed by atoms with Crippen molar-refractivity contribution < 1.29 is 28.2 Å². The lowest BCUT2D eigenvalue weighted by Gasteiger charge is -2.12. The molecular formula is C17H14Cl2FNO5. The number of ether oxygens (including phenoxy) is 3. The lowest BCUT2D eigenvalue weighted by molar-refractivity contribution is -0.119. The Bertz CT molecular complexity index is 844. The monoisotopic (exact) mass is 401 g/mol. The second kappa shape index (κ2) is 8.73. The summed E-state index contributed by atoms with van der Waals surface area (Å²) in [7, 11) is 2.80. The number of methoxy groups -OCH3 is 2. The average molecular weight is 402 g/mol. The third-order valence-corrected chi connectivity index (χ3v) is 3.80. The van der Waals surface area contributed by atoms with Crippen LogP contribution in [0.3, 0.4) is 0 Å². The van der Waals surface area contributed by atoms with Crippen molar-refractivity contribution in [2.45, 2.75) is 0 Å². The second-order valence-electron chi connectivity index (χ2n) is 4.94. The predicted molar refractivity (Wildman–Crippen MR) is 94.9 cm³/mol. The van der Waals surface area contributed by atoms with E-state index in [1.54, 1.807) is 0 Å². The number of benzene rings is 2. The molecule has 0 bridgehead atoms. The number of hydrogen-bond acceptors (Lipinski definition) is 5. The summed E-state index contributed by atoms with van der Waals surface area (Å²) in [5.41, 5.74) is 0.281. The number of hydrogen-bond donors (Lipinski definition) is 1. The van der Waals surface area contributed by atoms with E-state index in [2.05, 4.69) is 5.32 Å². The Labute approximate surface area is 158 Å². The molecule has 0 aliphatic rings. The molecule has 0 saturated heterocycles. The number of nitrogens with one attached hydrogen (secondary N) is 1. The minimum absolute atomic E-state index is 0.0244. The fraction of sp³-hybridized carbons (Fsp3) is 0.176. The van der Waals surface area contributed by atoms with Crippen LogP contribution in [0.2, 0.25) is 10.0 Å². The maximum Gasteiger partial charge on any atom is 0.338 e. The quantitative estimate of drug-likeness (QED) is 0.741. The van der Waals surface area contributed by atoms with Crippen molar-refractivity contribution in [1.29, 1.82) is 0 Å². The summed E-state index contributed by atoms with van der Waals surface area (Å²) >= 11 is 11.8. The van der Waals surface area contributed by atoms with Gasteiger partial charge >= 0.3 is 5.97 Å². The minimum Gasteiger partial charge on any atom is -0.493 e. The molecule has 26 heavy (non-hydrogen) atoms. The van der Waals surface area contributed by atoms with Crippen LogP contribution in [0.15, 0.2) is 30.3 Å². The van der Waals surface area contributed by atoms with E-state index in [0.717, 1.165) is 12.1 Å². The fourth-order valence-electron chi connectivity index (χ4n) is 2.03. The fourth-order valence-corrected chi connectivity index (χ4v) is 2.53. The maximum absolute atomic E-state index is 13.0. The Balaban J connectivity index is 2.02. The first-order valence-corrected chi connectivity index (χ1v) is 7.94. The molecule has 2 aromatic carbocycles. The van der Waals surface area contributed by atoms with Crippen LogP contribution in [0.5, 0.6) is 11.5 Å². The number of anilines is 1. The standard InChI is InChI=1S/C17H14Cl2FNO5/c1-24-14-6-9(5-12(19)16(14)25-2)17(23)26-8-15(22)21-13-4-3-10(20)7-11(13)18/h3-7H,8H2,1-2H3,(H,21,22). The molecule has 0 fully saturated rings. The molecule has 1 N–H and O–H groups in total. The molecule has 0 radical (unpaired) electrons. The first kappa shape index (κ1) is 19.8. The Hall–Kier alpha value is -2.51. The van der Waals surface area contributed by atoms with E-state index in [9.17, 15) is 14.0 Å². The minimum atomic E-state index is -0.784. The molecule has 0 aromatic heterocycles. The van der Waals surface area contributed by atoms with Crippen molar-refractivity contribution in [2.24, 2.45) is 0 Å². The van der Waals surface area contributed by atoms with Gasteiger partial charge in [-0.3, -0.25) is 4.79 Å². The van der Waals surface area contributed by atoms with Gasteiger partial charge in [0.2, 0.25) is 0 Å². The van der Waals surface area contributed by atoms with E-state index in [4.69, 9.17) is 37.4 Å². The van der Waals surface area contributed by atoms with Crippen molar-refractivity contribution >= 4 is 40.8 Å². The van der Waals surface area contributed by atoms with Crippen molar-refractivity contribution in [3.63, 3.8) is 0 Å². The summed E-state index contributed by atoms with van der Waals surface area (Å²) < 4.78 is 28.1. The van der Waals surface area contributed by atoms with Crippen molar-refractivity contribution in [1.82, 2.24) is 0 Å². The molecule has 0 aliphatic heterocycles. The number of carbonyl (C=O) groups excluding carboxylic acids is 2. The average Bonchev–Trinajstić information content (AvgIpc) is 2.61. The highest BCUT2D eigenvalue weighted by molar-refractivity contribution is 6.33. The lowest BCUT2D eigenvalue weighted by Crippen LogP contribution is -2.21. The van der Waals surface area contributed by atoms with Gasteiger partial charge in [-0.25, -0.2) is 9.18 Å². The molecule has 0 spiro atoms. The van der Waals surface area contributed by atoms with Gasteiger partial charge in [0.25, 0.3) is 5.91 Å². The SMILES string of the molecule is COc1cc(C(=O)OCC(=O)Nc2ccc(F)cc2Cl)cc(Cl)c1OC. The maximum atomic E-state index is 13.0. The lowest BCUT2D eigenvalue weighted by atomic mass is 10.2. The highest BCUT2D eigenvalue weighted by atomic mass is 35.5. The molecule has 0 heterocycles. The third kappa shape index (κ3) is 4.77. The summed E-state index contributed by atoms with van der Waals surface area (Å²) in [6, 6.07) is 6.20. The zero-order valence-electron chi connectivity index (χ0n) is 13.8. The molecule has 138 valence electrons. The van der Waals surface area contributed by atoms with Gasteiger partial charge in [-0.2, -0.15) is 0 Å². The zero-order chi connectivity index (χ0) is 19.3. The first-order chi connectivity index (χ1) is 12.3. The van der Waals surface area contributed by atoms with Crippen LogP contribution < -0.4 is 14.8 Å². The van der Waals surface area contributed by atoms with E-state index in [1.807, 2.05) is 0 Å². The largest absolute Gasteiger partial charge is 0.493 e. The normalized spacial score (nSPS) is 10.2. The van der Waals surface area contributed by atoms with Crippen LogP contribution in [-0.4, -0.2) is 32.7 Å². The second-order valence-corrected chi connectivity index (χ2v) is 5.76. The summed E-state index contributed by atoms with van der Waals surface area (Å²) in [5, 5.41) is 2.59. The molecule has 6 nitrogen and oxygen atoms in total. The van der Waals surface area contributed by atoms with Crippen molar-refractivity contribution in [3.05, 3.63) is 51.8 Å². The van der Waals surface area contributed by atoms with Gasteiger partial charge in [-0.15, -0.1) is 0 Å². The van der Waals surface area contributed by atoms with E-state index < -0.39 is 24.3 Å². The summed E-state index contributed by atoms with van der Waals surface area (Å²) in [4.78, 5) is 24.0. The van der Waals surface area contributed by atoms with E-state index in [1.165, 1.54) is 32.4 Å². The Morgan fingerprint density at radius 1 is 1.08 bits per heavy atom. The molecular weight excluding hydrogens is 388 g/mol. The predicted octanol–water partition coefficient (Wildman–Crippen LogP) is 3.95. The third-order valence-electron chi connectivity index (χ3n) is 3.21. The Morgan fingerprint density at radius 3 is 2.42 bits per heavy atom. The van der Waals surface area contributed by atoms with Crippen LogP contribution in [0.1, 0.15) is 10.4 Å². The molecule has 0 saturated carbocycles. The molecule has 0 atom stereocenters. The van der Waals surface area contributed by atoms with Gasteiger partial charge in [-0.05, 0) is 30.3 Å². The van der Waals surface area contributed by atoms with Gasteiger partial charge < -0.3 is 19.5 Å². The number of amides is 1. The molecule has 9 heteroatoms. The first-order valence-electron chi connectivity index (χ1n) is 7.19. The van der Waals surface area contributed by atoms with Gasteiger partial charge in [0.15, 0.2) is 18.1 Å². The van der Waals surface area contributed by atoms with Crippen LogP contribution in [0.4, 0.5) is 10.1 Å². The Kier molecular flexibility index (Phi) is 6.65. The highest BCUT2D eigenvalue weighted by Crippen LogP contribution is 2.36. The van der Waals surface area contributed by atoms with Crippen molar-refractivity contribution in [2.75, 3.05) is 26.1 Å². The van der Waals surface area contributed by atoms with E-state index in [-0.39, 0.29) is 32.8 Å². The van der Waals surface area contributed by atoms with Crippen LogP contribution in [-0.2, 0) is 9.53 Å². The van der Waals surface area contributed by atoms with Crippen molar-refractivity contribution in [3.8, 4) is 11.5 Å². The summed E-state index contributed by atoms with van der Waals surface area (Å²) in [6.45, 7) is -0.571. The number of esters is 1. The highest BCUT2D eigenvalue weighted by Gasteiger charge is 2.17. The van der Waals surface area contributed by atoms with E-state index >= 15 is 0 Å². The molecule has 0 unspecified atom stereocenters. The van der Waals surface area contributed by atoms with Gasteiger partial charge in [-0.1, -0.05) is 23.2 Å². The van der Waals surface area contributed by atoms with Crippen LogP contribution in [0.25, 0.3) is 0 Å². The Morgan fingerprint density at radius 2 is 1.81 bits per heavy atom.